The molecular formula is C14H25N3. The molecule has 0 bridgehead atoms. The van der Waals surface area contributed by atoms with Gasteiger partial charge in [-0.1, -0.05) is 26.2 Å². The van der Waals surface area contributed by atoms with Crippen LogP contribution in [0.3, 0.4) is 0 Å². The molecule has 1 aliphatic rings. The molecule has 1 saturated carbocycles. The summed E-state index contributed by atoms with van der Waals surface area (Å²) in [7, 11) is 2.08. The molecule has 0 aliphatic heterocycles. The van der Waals surface area contributed by atoms with Crippen LogP contribution >= 0.6 is 0 Å². The van der Waals surface area contributed by atoms with Crippen molar-refractivity contribution in [3.8, 4) is 0 Å². The number of nitrogens with zero attached hydrogens (tertiary/aromatic N) is 2. The van der Waals surface area contributed by atoms with Crippen LogP contribution in [-0.4, -0.2) is 16.8 Å². The second kappa shape index (κ2) is 6.20. The predicted molar refractivity (Wildman–Crippen MR) is 70.9 cm³/mol. The Morgan fingerprint density at radius 3 is 2.82 bits per heavy atom. The largest absolute Gasteiger partial charge is 0.313 e. The van der Waals surface area contributed by atoms with E-state index < -0.39 is 0 Å². The van der Waals surface area contributed by atoms with E-state index in [2.05, 4.69) is 35.3 Å². The highest BCUT2D eigenvalue weighted by Gasteiger charge is 2.24. The molecule has 1 atom stereocenters. The van der Waals surface area contributed by atoms with Gasteiger partial charge in [-0.15, -0.1) is 0 Å². The van der Waals surface area contributed by atoms with Crippen molar-refractivity contribution in [3.63, 3.8) is 0 Å². The maximum atomic E-state index is 4.45. The van der Waals surface area contributed by atoms with Crippen molar-refractivity contribution in [2.45, 2.75) is 58.0 Å². The molecule has 3 nitrogen and oxygen atoms in total. The van der Waals surface area contributed by atoms with Crippen LogP contribution in [0, 0.1) is 5.92 Å². The van der Waals surface area contributed by atoms with Gasteiger partial charge in [-0.3, -0.25) is 4.68 Å². The van der Waals surface area contributed by atoms with Crippen LogP contribution in [0.1, 0.15) is 57.1 Å². The lowest BCUT2D eigenvalue weighted by molar-refractivity contribution is 0.281. The third kappa shape index (κ3) is 3.09. The first-order valence-electron chi connectivity index (χ1n) is 7.04. The predicted octanol–water partition coefficient (Wildman–Crippen LogP) is 3.13. The fourth-order valence-corrected chi connectivity index (χ4v) is 3.03. The molecule has 1 heterocycles. The molecule has 3 heteroatoms. The molecule has 0 amide bonds. The maximum absolute atomic E-state index is 4.45. The Balaban J connectivity index is 2.04. The van der Waals surface area contributed by atoms with Crippen molar-refractivity contribution in [2.75, 3.05) is 7.05 Å². The van der Waals surface area contributed by atoms with Gasteiger partial charge in [0.25, 0.3) is 0 Å². The van der Waals surface area contributed by atoms with Crippen molar-refractivity contribution in [2.24, 2.45) is 5.92 Å². The van der Waals surface area contributed by atoms with E-state index in [0.717, 1.165) is 18.9 Å². The lowest BCUT2D eigenvalue weighted by Crippen LogP contribution is -2.26. The number of rotatable bonds is 5. The highest BCUT2D eigenvalue weighted by molar-refractivity contribution is 5.12. The molecule has 17 heavy (non-hydrogen) atoms. The van der Waals surface area contributed by atoms with E-state index in [0.29, 0.717) is 6.04 Å². The molecule has 0 radical (unpaired) electrons. The average Bonchev–Trinajstić information content (AvgIpc) is 2.81. The summed E-state index contributed by atoms with van der Waals surface area (Å²) in [5.41, 5.74) is 1.37. The minimum absolute atomic E-state index is 0.501. The van der Waals surface area contributed by atoms with Gasteiger partial charge >= 0.3 is 0 Å². The van der Waals surface area contributed by atoms with Gasteiger partial charge in [-0.2, -0.15) is 5.10 Å². The molecular weight excluding hydrogens is 210 g/mol. The first-order valence-corrected chi connectivity index (χ1v) is 7.04. The normalized spacial score (nSPS) is 19.4. The molecule has 1 aromatic heterocycles. The smallest absolute Gasteiger partial charge is 0.0537 e. The number of hydrogen-bond acceptors (Lipinski definition) is 2. The Kier molecular flexibility index (Phi) is 4.60. The van der Waals surface area contributed by atoms with Gasteiger partial charge in [0, 0.05) is 24.3 Å². The number of aromatic nitrogens is 2. The van der Waals surface area contributed by atoms with E-state index in [1.54, 1.807) is 0 Å². The third-order valence-corrected chi connectivity index (χ3v) is 3.90. The maximum Gasteiger partial charge on any atom is 0.0537 e. The lowest BCUT2D eigenvalue weighted by atomic mass is 9.82. The van der Waals surface area contributed by atoms with Gasteiger partial charge in [0.2, 0.25) is 0 Å². The summed E-state index contributed by atoms with van der Waals surface area (Å²) in [5.74, 6) is 0.799. The summed E-state index contributed by atoms with van der Waals surface area (Å²) in [4.78, 5) is 0. The first-order chi connectivity index (χ1) is 8.35. The van der Waals surface area contributed by atoms with Gasteiger partial charge in [-0.25, -0.2) is 0 Å². The Labute approximate surface area is 105 Å². The summed E-state index contributed by atoms with van der Waals surface area (Å²) in [5, 5.41) is 7.94. The average molecular weight is 235 g/mol. The summed E-state index contributed by atoms with van der Waals surface area (Å²) in [6.45, 7) is 3.22. The molecule has 1 fully saturated rings. The molecule has 2 rings (SSSR count). The van der Waals surface area contributed by atoms with E-state index >= 15 is 0 Å². The lowest BCUT2D eigenvalue weighted by Gasteiger charge is -2.29. The standard InChI is InChI=1S/C14H25N3/c1-3-9-17-11-13(10-16-17)14(15-2)12-7-5-4-6-8-12/h10-12,14-15H,3-9H2,1-2H3. The highest BCUT2D eigenvalue weighted by Crippen LogP contribution is 2.33. The van der Waals surface area contributed by atoms with Crippen molar-refractivity contribution in [3.05, 3.63) is 18.0 Å². The zero-order valence-electron chi connectivity index (χ0n) is 11.2. The summed E-state index contributed by atoms with van der Waals surface area (Å²) in [6.07, 6.45) is 12.4. The van der Waals surface area contributed by atoms with E-state index in [1.807, 2.05) is 6.20 Å². The molecule has 0 spiro atoms. The molecule has 1 unspecified atom stereocenters. The minimum atomic E-state index is 0.501. The van der Waals surface area contributed by atoms with Crippen LogP contribution in [0.5, 0.6) is 0 Å². The highest BCUT2D eigenvalue weighted by atomic mass is 15.3. The number of aryl methyl sites for hydroxylation is 1. The summed E-state index contributed by atoms with van der Waals surface area (Å²) in [6, 6.07) is 0.501. The SMILES string of the molecule is CCCn1cc(C(NC)C2CCCCC2)cn1. The van der Waals surface area contributed by atoms with Crippen LogP contribution in [0.4, 0.5) is 0 Å². The van der Waals surface area contributed by atoms with Crippen molar-refractivity contribution < 1.29 is 0 Å². The van der Waals surface area contributed by atoms with Gasteiger partial charge in [0.15, 0.2) is 0 Å². The summed E-state index contributed by atoms with van der Waals surface area (Å²) < 4.78 is 2.07. The van der Waals surface area contributed by atoms with Crippen molar-refractivity contribution in [1.29, 1.82) is 0 Å². The van der Waals surface area contributed by atoms with Gasteiger partial charge in [-0.05, 0) is 32.2 Å². The molecule has 1 aromatic rings. The molecule has 0 saturated heterocycles. The molecule has 96 valence electrons. The molecule has 1 aliphatic carbocycles. The van der Waals surface area contributed by atoms with Gasteiger partial charge < -0.3 is 5.32 Å². The van der Waals surface area contributed by atoms with Crippen LogP contribution in [0.2, 0.25) is 0 Å². The summed E-state index contributed by atoms with van der Waals surface area (Å²) >= 11 is 0. The van der Waals surface area contributed by atoms with Crippen molar-refractivity contribution in [1.82, 2.24) is 15.1 Å². The quantitative estimate of drug-likeness (QED) is 0.849. The Bertz CT molecular complexity index is 326. The Morgan fingerprint density at radius 2 is 2.18 bits per heavy atom. The zero-order valence-corrected chi connectivity index (χ0v) is 11.2. The van der Waals surface area contributed by atoms with Crippen LogP contribution in [0.15, 0.2) is 12.4 Å². The van der Waals surface area contributed by atoms with Crippen LogP contribution < -0.4 is 5.32 Å². The zero-order chi connectivity index (χ0) is 12.1. The van der Waals surface area contributed by atoms with Crippen LogP contribution in [-0.2, 0) is 6.54 Å². The molecule has 1 N–H and O–H groups in total. The van der Waals surface area contributed by atoms with Crippen molar-refractivity contribution >= 4 is 0 Å². The number of nitrogens with one attached hydrogen (secondary N) is 1. The van der Waals surface area contributed by atoms with E-state index in [9.17, 15) is 0 Å². The third-order valence-electron chi connectivity index (χ3n) is 3.90. The van der Waals surface area contributed by atoms with E-state index in [1.165, 1.54) is 37.7 Å². The topological polar surface area (TPSA) is 29.9 Å². The van der Waals surface area contributed by atoms with E-state index in [4.69, 9.17) is 0 Å². The fraction of sp³-hybridized carbons (Fsp3) is 0.786. The van der Waals surface area contributed by atoms with Gasteiger partial charge in [0.1, 0.15) is 0 Å². The molecule has 0 aromatic carbocycles. The second-order valence-electron chi connectivity index (χ2n) is 5.20. The Hall–Kier alpha value is -0.830. The number of hydrogen-bond donors (Lipinski definition) is 1. The monoisotopic (exact) mass is 235 g/mol. The Morgan fingerprint density at radius 1 is 1.41 bits per heavy atom. The first kappa shape index (κ1) is 12.6. The van der Waals surface area contributed by atoms with E-state index in [-0.39, 0.29) is 0 Å². The fourth-order valence-electron chi connectivity index (χ4n) is 3.03. The second-order valence-corrected chi connectivity index (χ2v) is 5.20. The minimum Gasteiger partial charge on any atom is -0.313 e. The van der Waals surface area contributed by atoms with Crippen LogP contribution in [0.25, 0.3) is 0 Å². The van der Waals surface area contributed by atoms with Gasteiger partial charge in [0.05, 0.1) is 6.20 Å².